The molecule has 0 N–H and O–H groups in total. The molecule has 1 saturated heterocycles. The highest BCUT2D eigenvalue weighted by molar-refractivity contribution is 5.91. The van der Waals surface area contributed by atoms with Crippen molar-refractivity contribution in [3.05, 3.63) is 35.9 Å². The standard InChI is InChI=1S/C18H25NO3/c1-3-12-19(14-17-5-4-13-22-17)18(20)11-8-15-6-9-16(21-2)10-7-15/h6-11,17H,3-5,12-14H2,1-2H3. The summed E-state index contributed by atoms with van der Waals surface area (Å²) in [5, 5.41) is 0. The lowest BCUT2D eigenvalue weighted by atomic mass is 10.2. The normalized spacial score (nSPS) is 17.8. The Hall–Kier alpha value is -1.81. The van der Waals surface area contributed by atoms with Crippen molar-refractivity contribution >= 4 is 12.0 Å². The van der Waals surface area contributed by atoms with E-state index >= 15 is 0 Å². The zero-order valence-electron chi connectivity index (χ0n) is 13.5. The summed E-state index contributed by atoms with van der Waals surface area (Å²) < 4.78 is 10.8. The number of carbonyl (C=O) groups excluding carboxylic acids is 1. The Morgan fingerprint density at radius 1 is 1.41 bits per heavy atom. The number of carbonyl (C=O) groups is 1. The molecule has 0 radical (unpaired) electrons. The Labute approximate surface area is 132 Å². The molecular weight excluding hydrogens is 278 g/mol. The molecule has 0 aromatic heterocycles. The van der Waals surface area contributed by atoms with Crippen LogP contribution in [0.2, 0.25) is 0 Å². The Balaban J connectivity index is 1.94. The van der Waals surface area contributed by atoms with Crippen molar-refractivity contribution in [1.29, 1.82) is 0 Å². The molecule has 4 nitrogen and oxygen atoms in total. The first-order valence-electron chi connectivity index (χ1n) is 7.95. The van der Waals surface area contributed by atoms with Gasteiger partial charge in [0, 0.05) is 25.8 Å². The molecule has 1 aliphatic rings. The minimum absolute atomic E-state index is 0.0492. The third-order valence-electron chi connectivity index (χ3n) is 3.79. The average molecular weight is 303 g/mol. The molecule has 1 aliphatic heterocycles. The average Bonchev–Trinajstić information content (AvgIpc) is 3.06. The molecule has 1 fully saturated rings. The molecule has 1 atom stereocenters. The molecule has 120 valence electrons. The van der Waals surface area contributed by atoms with Crippen LogP contribution in [0, 0.1) is 0 Å². The van der Waals surface area contributed by atoms with Crippen molar-refractivity contribution in [2.45, 2.75) is 32.3 Å². The van der Waals surface area contributed by atoms with Crippen LogP contribution in [0.25, 0.3) is 6.08 Å². The van der Waals surface area contributed by atoms with Gasteiger partial charge in [0.25, 0.3) is 0 Å². The van der Waals surface area contributed by atoms with Crippen molar-refractivity contribution in [3.8, 4) is 5.75 Å². The molecular formula is C18H25NO3. The highest BCUT2D eigenvalue weighted by atomic mass is 16.5. The van der Waals surface area contributed by atoms with E-state index < -0.39 is 0 Å². The number of ether oxygens (including phenoxy) is 2. The largest absolute Gasteiger partial charge is 0.497 e. The van der Waals surface area contributed by atoms with Crippen LogP contribution in [-0.4, -0.2) is 43.7 Å². The summed E-state index contributed by atoms with van der Waals surface area (Å²) in [6, 6.07) is 7.65. The molecule has 1 amide bonds. The summed E-state index contributed by atoms with van der Waals surface area (Å²) in [4.78, 5) is 14.3. The topological polar surface area (TPSA) is 38.8 Å². The van der Waals surface area contributed by atoms with E-state index in [-0.39, 0.29) is 12.0 Å². The van der Waals surface area contributed by atoms with E-state index in [4.69, 9.17) is 9.47 Å². The monoisotopic (exact) mass is 303 g/mol. The van der Waals surface area contributed by atoms with E-state index in [0.717, 1.165) is 43.7 Å². The second-order valence-electron chi connectivity index (χ2n) is 5.53. The van der Waals surface area contributed by atoms with Gasteiger partial charge in [0.1, 0.15) is 5.75 Å². The van der Waals surface area contributed by atoms with Gasteiger partial charge in [0.05, 0.1) is 13.2 Å². The maximum atomic E-state index is 12.4. The third-order valence-corrected chi connectivity index (χ3v) is 3.79. The van der Waals surface area contributed by atoms with Crippen LogP contribution in [0.15, 0.2) is 30.3 Å². The predicted octanol–water partition coefficient (Wildman–Crippen LogP) is 3.13. The van der Waals surface area contributed by atoms with Crippen molar-refractivity contribution < 1.29 is 14.3 Å². The van der Waals surface area contributed by atoms with Gasteiger partial charge in [-0.25, -0.2) is 0 Å². The molecule has 0 bridgehead atoms. The second-order valence-corrected chi connectivity index (χ2v) is 5.53. The van der Waals surface area contributed by atoms with Crippen molar-refractivity contribution in [2.24, 2.45) is 0 Å². The number of nitrogens with zero attached hydrogens (tertiary/aromatic N) is 1. The van der Waals surface area contributed by atoms with E-state index in [1.165, 1.54) is 0 Å². The minimum atomic E-state index is 0.0492. The molecule has 0 aliphatic carbocycles. The summed E-state index contributed by atoms with van der Waals surface area (Å²) in [5.74, 6) is 0.864. The van der Waals surface area contributed by atoms with E-state index in [9.17, 15) is 4.79 Å². The van der Waals surface area contributed by atoms with Crippen LogP contribution in [0.3, 0.4) is 0 Å². The molecule has 1 aromatic carbocycles. The Bertz CT molecular complexity index is 490. The van der Waals surface area contributed by atoms with E-state index in [1.807, 2.05) is 35.2 Å². The number of hydrogen-bond acceptors (Lipinski definition) is 3. The van der Waals surface area contributed by atoms with Crippen LogP contribution in [-0.2, 0) is 9.53 Å². The van der Waals surface area contributed by atoms with Crippen LogP contribution >= 0.6 is 0 Å². The van der Waals surface area contributed by atoms with E-state index in [0.29, 0.717) is 6.54 Å². The van der Waals surface area contributed by atoms with Crippen LogP contribution in [0.4, 0.5) is 0 Å². The molecule has 4 heteroatoms. The quantitative estimate of drug-likeness (QED) is 0.726. The summed E-state index contributed by atoms with van der Waals surface area (Å²) in [6.07, 6.45) is 6.79. The number of rotatable bonds is 7. The highest BCUT2D eigenvalue weighted by Gasteiger charge is 2.20. The predicted molar refractivity (Wildman–Crippen MR) is 87.9 cm³/mol. The SMILES string of the molecule is CCCN(CC1CCCO1)C(=O)C=Cc1ccc(OC)cc1. The zero-order valence-corrected chi connectivity index (χ0v) is 13.5. The molecule has 1 heterocycles. The summed E-state index contributed by atoms with van der Waals surface area (Å²) in [7, 11) is 1.64. The smallest absolute Gasteiger partial charge is 0.246 e. The van der Waals surface area contributed by atoms with Gasteiger partial charge in [-0.1, -0.05) is 19.1 Å². The first-order chi connectivity index (χ1) is 10.7. The van der Waals surface area contributed by atoms with E-state index in [1.54, 1.807) is 13.2 Å². The van der Waals surface area contributed by atoms with Gasteiger partial charge in [-0.15, -0.1) is 0 Å². The number of methoxy groups -OCH3 is 1. The highest BCUT2D eigenvalue weighted by Crippen LogP contribution is 2.15. The van der Waals surface area contributed by atoms with Crippen LogP contribution in [0.5, 0.6) is 5.75 Å². The molecule has 0 spiro atoms. The Morgan fingerprint density at radius 2 is 2.18 bits per heavy atom. The Morgan fingerprint density at radius 3 is 2.77 bits per heavy atom. The van der Waals surface area contributed by atoms with Gasteiger partial charge in [-0.05, 0) is 43.0 Å². The number of amides is 1. The van der Waals surface area contributed by atoms with Gasteiger partial charge >= 0.3 is 0 Å². The van der Waals surface area contributed by atoms with Crippen molar-refractivity contribution in [2.75, 3.05) is 26.8 Å². The van der Waals surface area contributed by atoms with Gasteiger partial charge in [0.15, 0.2) is 0 Å². The summed E-state index contributed by atoms with van der Waals surface area (Å²) in [5.41, 5.74) is 0.989. The zero-order chi connectivity index (χ0) is 15.8. The van der Waals surface area contributed by atoms with Crippen molar-refractivity contribution in [1.82, 2.24) is 4.90 Å². The van der Waals surface area contributed by atoms with Crippen LogP contribution < -0.4 is 4.74 Å². The van der Waals surface area contributed by atoms with Gasteiger partial charge in [0.2, 0.25) is 5.91 Å². The lowest BCUT2D eigenvalue weighted by molar-refractivity contribution is -0.127. The van der Waals surface area contributed by atoms with Gasteiger partial charge in [-0.2, -0.15) is 0 Å². The first-order valence-corrected chi connectivity index (χ1v) is 7.95. The fraction of sp³-hybridized carbons (Fsp3) is 0.500. The molecule has 22 heavy (non-hydrogen) atoms. The van der Waals surface area contributed by atoms with Crippen molar-refractivity contribution in [3.63, 3.8) is 0 Å². The number of hydrogen-bond donors (Lipinski definition) is 0. The minimum Gasteiger partial charge on any atom is -0.497 e. The third kappa shape index (κ3) is 4.88. The maximum Gasteiger partial charge on any atom is 0.246 e. The lowest BCUT2D eigenvalue weighted by Gasteiger charge is -2.23. The number of benzene rings is 1. The first kappa shape index (κ1) is 16.6. The fourth-order valence-electron chi connectivity index (χ4n) is 2.58. The summed E-state index contributed by atoms with van der Waals surface area (Å²) >= 11 is 0. The summed E-state index contributed by atoms with van der Waals surface area (Å²) in [6.45, 7) is 4.37. The van der Waals surface area contributed by atoms with Crippen LogP contribution in [0.1, 0.15) is 31.7 Å². The molecule has 1 unspecified atom stereocenters. The van der Waals surface area contributed by atoms with E-state index in [2.05, 4.69) is 6.92 Å². The molecule has 1 aromatic rings. The second kappa shape index (κ2) is 8.59. The van der Waals surface area contributed by atoms with Gasteiger partial charge < -0.3 is 14.4 Å². The maximum absolute atomic E-state index is 12.4. The van der Waals surface area contributed by atoms with Gasteiger partial charge in [-0.3, -0.25) is 4.79 Å². The fourth-order valence-corrected chi connectivity index (χ4v) is 2.58. The molecule has 2 rings (SSSR count). The Kier molecular flexibility index (Phi) is 6.46. The lowest BCUT2D eigenvalue weighted by Crippen LogP contribution is -2.36. The molecule has 0 saturated carbocycles.